The van der Waals surface area contributed by atoms with E-state index in [9.17, 15) is 0 Å². The summed E-state index contributed by atoms with van der Waals surface area (Å²) in [5.74, 6) is 2.44. The molecule has 0 radical (unpaired) electrons. The van der Waals surface area contributed by atoms with Crippen molar-refractivity contribution in [3.63, 3.8) is 0 Å². The van der Waals surface area contributed by atoms with Crippen molar-refractivity contribution in [2.75, 3.05) is 7.11 Å². The topological polar surface area (TPSA) is 23.4 Å². The summed E-state index contributed by atoms with van der Waals surface area (Å²) in [5, 5.41) is 0. The molecule has 3 nitrogen and oxygen atoms in total. The minimum absolute atomic E-state index is 0.140. The lowest BCUT2D eigenvalue weighted by molar-refractivity contribution is 0.230. The Morgan fingerprint density at radius 3 is 2.62 bits per heavy atom. The maximum absolute atomic E-state index is 6.02. The smallest absolute Gasteiger partial charge is 0.162 e. The van der Waals surface area contributed by atoms with Crippen LogP contribution >= 0.6 is 0 Å². The molecule has 2 aliphatic rings. The predicted molar refractivity (Wildman–Crippen MR) is 97.1 cm³/mol. The summed E-state index contributed by atoms with van der Waals surface area (Å²) in [6.45, 7) is 5.18. The summed E-state index contributed by atoms with van der Waals surface area (Å²) >= 11 is 0. The zero-order valence-electron chi connectivity index (χ0n) is 15.0. The monoisotopic (exact) mass is 325 g/mol. The third-order valence-corrected chi connectivity index (χ3v) is 5.42. The highest BCUT2D eigenvalue weighted by Crippen LogP contribution is 2.45. The van der Waals surface area contributed by atoms with E-state index in [0.29, 0.717) is 0 Å². The molecule has 0 bridgehead atoms. The Kier molecular flexibility index (Phi) is 4.03. The average molecular weight is 325 g/mol. The van der Waals surface area contributed by atoms with Gasteiger partial charge in [0, 0.05) is 18.3 Å². The molecule has 1 aromatic carbocycles. The van der Waals surface area contributed by atoms with Crippen molar-refractivity contribution >= 4 is 0 Å². The number of aryl methyl sites for hydroxylation is 2. The van der Waals surface area contributed by atoms with E-state index in [0.717, 1.165) is 30.4 Å². The van der Waals surface area contributed by atoms with Gasteiger partial charge in [0.25, 0.3) is 0 Å². The molecule has 128 valence electrons. The molecule has 0 atom stereocenters. The maximum atomic E-state index is 6.02. The van der Waals surface area contributed by atoms with Crippen LogP contribution < -0.4 is 9.47 Å². The first kappa shape index (κ1) is 15.6. The molecule has 1 fully saturated rings. The Balaban J connectivity index is 1.83. The number of hydrogen-bond acceptors (Lipinski definition) is 2. The fraction of sp³-hybridized carbons (Fsp3) is 0.524. The van der Waals surface area contributed by atoms with Crippen molar-refractivity contribution in [1.82, 2.24) is 4.57 Å². The van der Waals surface area contributed by atoms with Gasteiger partial charge in [-0.05, 0) is 68.4 Å². The lowest BCUT2D eigenvalue weighted by Gasteiger charge is -2.25. The van der Waals surface area contributed by atoms with Crippen molar-refractivity contribution in [3.8, 4) is 22.8 Å². The molecule has 4 rings (SSSR count). The normalized spacial score (nSPS) is 17.0. The van der Waals surface area contributed by atoms with Gasteiger partial charge >= 0.3 is 0 Å². The van der Waals surface area contributed by atoms with Gasteiger partial charge < -0.3 is 14.0 Å². The molecule has 0 unspecified atom stereocenters. The van der Waals surface area contributed by atoms with Crippen LogP contribution in [0.4, 0.5) is 0 Å². The van der Waals surface area contributed by atoms with E-state index in [2.05, 4.69) is 42.8 Å². The van der Waals surface area contributed by atoms with Gasteiger partial charge in [0.2, 0.25) is 0 Å². The number of methoxy groups -OCH3 is 1. The Hall–Kier alpha value is -1.90. The molecule has 1 aliphatic heterocycles. The average Bonchev–Trinajstić information content (AvgIpc) is 3.22. The van der Waals surface area contributed by atoms with E-state index in [4.69, 9.17) is 9.47 Å². The lowest BCUT2D eigenvalue weighted by atomic mass is 9.90. The number of ether oxygens (including phenoxy) is 2. The first-order valence-corrected chi connectivity index (χ1v) is 9.24. The first-order chi connectivity index (χ1) is 11.7. The predicted octanol–water partition coefficient (Wildman–Crippen LogP) is 5.16. The first-order valence-electron chi connectivity index (χ1n) is 9.24. The zero-order chi connectivity index (χ0) is 16.7. The van der Waals surface area contributed by atoms with E-state index in [1.54, 1.807) is 7.11 Å². The van der Waals surface area contributed by atoms with Gasteiger partial charge in [-0.25, -0.2) is 0 Å². The van der Waals surface area contributed by atoms with Crippen LogP contribution in [-0.2, 0) is 13.0 Å². The Labute approximate surface area is 144 Å². The SMILES string of the molecule is COc1cc2c(cc1OC(C)C)-c1c(C3CCCC3)ccn1CC2. The molecule has 1 saturated carbocycles. The van der Waals surface area contributed by atoms with E-state index >= 15 is 0 Å². The van der Waals surface area contributed by atoms with Gasteiger partial charge in [-0.3, -0.25) is 0 Å². The van der Waals surface area contributed by atoms with Crippen LogP contribution in [0.2, 0.25) is 0 Å². The van der Waals surface area contributed by atoms with Gasteiger partial charge in [0.05, 0.1) is 18.9 Å². The third kappa shape index (κ3) is 2.60. The molecule has 1 aliphatic carbocycles. The number of benzene rings is 1. The standard InChI is InChI=1S/C21H27NO2/c1-14(2)24-20-13-18-16(12-19(20)23-3)8-10-22-11-9-17(21(18)22)15-6-4-5-7-15/h9,11-15H,4-8,10H2,1-3H3. The second-order valence-electron chi connectivity index (χ2n) is 7.37. The van der Waals surface area contributed by atoms with Gasteiger partial charge in [-0.2, -0.15) is 0 Å². The summed E-state index contributed by atoms with van der Waals surface area (Å²) in [6, 6.07) is 6.74. The molecule has 0 saturated heterocycles. The number of nitrogens with zero attached hydrogens (tertiary/aromatic N) is 1. The summed E-state index contributed by atoms with van der Waals surface area (Å²) in [4.78, 5) is 0. The fourth-order valence-corrected chi connectivity index (χ4v) is 4.33. The highest BCUT2D eigenvalue weighted by Gasteiger charge is 2.27. The summed E-state index contributed by atoms with van der Waals surface area (Å²) in [5.41, 5.74) is 5.67. The summed E-state index contributed by atoms with van der Waals surface area (Å²) in [7, 11) is 1.73. The van der Waals surface area contributed by atoms with Gasteiger partial charge in [0.1, 0.15) is 0 Å². The molecule has 0 N–H and O–H groups in total. The molecule has 2 aromatic rings. The maximum Gasteiger partial charge on any atom is 0.162 e. The van der Waals surface area contributed by atoms with Crippen LogP contribution in [0.5, 0.6) is 11.5 Å². The second-order valence-corrected chi connectivity index (χ2v) is 7.37. The van der Waals surface area contributed by atoms with E-state index in [1.165, 1.54) is 48.1 Å². The fourth-order valence-electron chi connectivity index (χ4n) is 4.33. The van der Waals surface area contributed by atoms with Gasteiger partial charge in [-0.15, -0.1) is 0 Å². The highest BCUT2D eigenvalue weighted by molar-refractivity contribution is 5.73. The summed E-state index contributed by atoms with van der Waals surface area (Å²) in [6.07, 6.45) is 8.87. The Bertz CT molecular complexity index is 739. The van der Waals surface area contributed by atoms with E-state index < -0.39 is 0 Å². The van der Waals surface area contributed by atoms with E-state index in [1.807, 2.05) is 0 Å². The second kappa shape index (κ2) is 6.19. The number of fused-ring (bicyclic) bond motifs is 3. The third-order valence-electron chi connectivity index (χ3n) is 5.42. The van der Waals surface area contributed by atoms with Crippen LogP contribution in [0, 0.1) is 0 Å². The quantitative estimate of drug-likeness (QED) is 0.774. The van der Waals surface area contributed by atoms with Crippen LogP contribution in [0.3, 0.4) is 0 Å². The molecular weight excluding hydrogens is 298 g/mol. The van der Waals surface area contributed by atoms with Crippen molar-refractivity contribution in [3.05, 3.63) is 35.5 Å². The molecule has 2 heterocycles. The minimum Gasteiger partial charge on any atom is -0.493 e. The largest absolute Gasteiger partial charge is 0.493 e. The molecule has 0 spiro atoms. The zero-order valence-corrected chi connectivity index (χ0v) is 15.0. The number of aromatic nitrogens is 1. The van der Waals surface area contributed by atoms with Crippen molar-refractivity contribution in [1.29, 1.82) is 0 Å². The highest BCUT2D eigenvalue weighted by atomic mass is 16.5. The van der Waals surface area contributed by atoms with Crippen molar-refractivity contribution in [2.24, 2.45) is 0 Å². The molecule has 1 aromatic heterocycles. The van der Waals surface area contributed by atoms with Crippen LogP contribution in [0.25, 0.3) is 11.3 Å². The van der Waals surface area contributed by atoms with Crippen molar-refractivity contribution < 1.29 is 9.47 Å². The number of rotatable bonds is 4. The Morgan fingerprint density at radius 2 is 1.92 bits per heavy atom. The van der Waals surface area contributed by atoms with Crippen LogP contribution in [-0.4, -0.2) is 17.8 Å². The van der Waals surface area contributed by atoms with Gasteiger partial charge in [0.15, 0.2) is 11.5 Å². The number of hydrogen-bond donors (Lipinski definition) is 0. The minimum atomic E-state index is 0.140. The van der Waals surface area contributed by atoms with Crippen molar-refractivity contribution in [2.45, 2.75) is 64.5 Å². The lowest BCUT2D eigenvalue weighted by Crippen LogP contribution is -2.13. The van der Waals surface area contributed by atoms with E-state index in [-0.39, 0.29) is 6.10 Å². The Morgan fingerprint density at radius 1 is 1.12 bits per heavy atom. The molecule has 24 heavy (non-hydrogen) atoms. The van der Waals surface area contributed by atoms with Crippen LogP contribution in [0.1, 0.15) is 56.6 Å². The van der Waals surface area contributed by atoms with Gasteiger partial charge in [-0.1, -0.05) is 12.8 Å². The molecule has 3 heteroatoms. The summed E-state index contributed by atoms with van der Waals surface area (Å²) < 4.78 is 14.0. The van der Waals surface area contributed by atoms with Crippen LogP contribution in [0.15, 0.2) is 24.4 Å². The molecule has 0 amide bonds. The molecular formula is C21H27NO2.